The number of hydrogen-bond acceptors (Lipinski definition) is 5. The van der Waals surface area contributed by atoms with E-state index < -0.39 is 0 Å². The summed E-state index contributed by atoms with van der Waals surface area (Å²) in [5, 5.41) is 1.78. The summed E-state index contributed by atoms with van der Waals surface area (Å²) in [6.45, 7) is 0. The van der Waals surface area contributed by atoms with Gasteiger partial charge in [0.25, 0.3) is 0 Å². The predicted octanol–water partition coefficient (Wildman–Crippen LogP) is 8.02. The van der Waals surface area contributed by atoms with Crippen LogP contribution in [0.5, 0.6) is 0 Å². The van der Waals surface area contributed by atoms with Crippen LogP contribution in [0, 0.1) is 0 Å². The minimum atomic E-state index is -0.283. The molecular weight excluding hydrogens is 453 g/mol. The molecule has 0 N–H and O–H groups in total. The monoisotopic (exact) mass is 465 g/mol. The summed E-state index contributed by atoms with van der Waals surface area (Å²) in [5.41, 5.74) is 1.60. The molecule has 0 saturated heterocycles. The lowest BCUT2D eigenvalue weighted by Crippen LogP contribution is -1.90. The third-order valence-electron chi connectivity index (χ3n) is 4.58. The minimum Gasteiger partial charge on any atom is -0.454 e. The zero-order valence-corrected chi connectivity index (χ0v) is 18.2. The molecule has 31 heavy (non-hydrogen) atoms. The first-order valence-electron chi connectivity index (χ1n) is 9.30. The van der Waals surface area contributed by atoms with Gasteiger partial charge in [-0.05, 0) is 66.7 Å². The largest absolute Gasteiger partial charge is 0.454 e. The second-order valence-electron chi connectivity index (χ2n) is 6.67. The number of hydrogen-bond donors (Lipinski definition) is 0. The molecule has 0 aliphatic heterocycles. The Balaban J connectivity index is 1.33. The molecule has 0 fully saturated rings. The minimum absolute atomic E-state index is 0.204. The number of carbonyl (C=O) groups excluding carboxylic acids is 1. The van der Waals surface area contributed by atoms with Crippen LogP contribution in [0.15, 0.2) is 81.6 Å². The number of furan rings is 2. The van der Waals surface area contributed by atoms with Crippen LogP contribution in [0.4, 0.5) is 0 Å². The fraction of sp³-hybridized carbons (Fsp3) is 0. The highest BCUT2D eigenvalue weighted by molar-refractivity contribution is 7.21. The number of thiazole rings is 1. The number of allylic oxidation sites excluding steroid dienone is 1. The third kappa shape index (κ3) is 4.08. The van der Waals surface area contributed by atoms with E-state index in [0.29, 0.717) is 32.9 Å². The Hall–Kier alpha value is -3.12. The number of carbonyl (C=O) groups is 1. The van der Waals surface area contributed by atoms with Gasteiger partial charge in [0.15, 0.2) is 16.5 Å². The van der Waals surface area contributed by atoms with Crippen molar-refractivity contribution in [2.75, 3.05) is 0 Å². The molecule has 5 aromatic rings. The normalized spacial score (nSPS) is 11.5. The summed E-state index contributed by atoms with van der Waals surface area (Å²) < 4.78 is 12.6. The van der Waals surface area contributed by atoms with Gasteiger partial charge < -0.3 is 8.83 Å². The standard InChI is InChI=1S/C24H13Cl2NO3S/c25-14-5-8-16(17(26)13-14)20-11-12-21(30-20)19(28)9-6-15-7-10-22(29-15)24-27-18-3-1-2-4-23(18)31-24/h1-13H. The van der Waals surface area contributed by atoms with Gasteiger partial charge in [-0.15, -0.1) is 11.3 Å². The van der Waals surface area contributed by atoms with Crippen LogP contribution in [-0.2, 0) is 0 Å². The molecule has 0 radical (unpaired) electrons. The maximum Gasteiger partial charge on any atom is 0.221 e. The predicted molar refractivity (Wildman–Crippen MR) is 125 cm³/mol. The molecule has 3 aromatic heterocycles. The fourth-order valence-corrected chi connectivity index (χ4v) is 4.51. The lowest BCUT2D eigenvalue weighted by atomic mass is 10.2. The van der Waals surface area contributed by atoms with Crippen LogP contribution in [-0.4, -0.2) is 10.8 Å². The average molecular weight is 466 g/mol. The zero-order chi connectivity index (χ0) is 21.4. The van der Waals surface area contributed by atoms with Crippen LogP contribution in [0.1, 0.15) is 16.3 Å². The van der Waals surface area contributed by atoms with E-state index >= 15 is 0 Å². The van der Waals surface area contributed by atoms with Crippen molar-refractivity contribution >= 4 is 56.6 Å². The highest BCUT2D eigenvalue weighted by Gasteiger charge is 2.13. The molecule has 0 aliphatic carbocycles. The lowest BCUT2D eigenvalue weighted by molar-refractivity contribution is 0.102. The zero-order valence-electron chi connectivity index (χ0n) is 15.8. The van der Waals surface area contributed by atoms with Gasteiger partial charge in [-0.2, -0.15) is 0 Å². The number of benzene rings is 2. The van der Waals surface area contributed by atoms with Crippen molar-refractivity contribution in [3.05, 3.63) is 94.4 Å². The molecular formula is C24H13Cl2NO3S. The Labute approximate surface area is 191 Å². The topological polar surface area (TPSA) is 56.2 Å². The van der Waals surface area contributed by atoms with Gasteiger partial charge in [0, 0.05) is 10.6 Å². The van der Waals surface area contributed by atoms with Crippen LogP contribution < -0.4 is 0 Å². The van der Waals surface area contributed by atoms with E-state index in [2.05, 4.69) is 4.98 Å². The Bertz CT molecular complexity index is 1410. The Morgan fingerprint density at radius 1 is 0.935 bits per heavy atom. The van der Waals surface area contributed by atoms with E-state index in [0.717, 1.165) is 15.2 Å². The molecule has 0 amide bonds. The quantitative estimate of drug-likeness (QED) is 0.194. The molecule has 3 heterocycles. The molecule has 0 atom stereocenters. The molecule has 4 nitrogen and oxygen atoms in total. The summed E-state index contributed by atoms with van der Waals surface area (Å²) in [7, 11) is 0. The maximum atomic E-state index is 12.5. The molecule has 2 aromatic carbocycles. The summed E-state index contributed by atoms with van der Waals surface area (Å²) in [5.74, 6) is 1.63. The third-order valence-corrected chi connectivity index (χ3v) is 6.17. The average Bonchev–Trinajstić information content (AvgIpc) is 3.50. The molecule has 152 valence electrons. The highest BCUT2D eigenvalue weighted by Crippen LogP contribution is 2.33. The summed E-state index contributed by atoms with van der Waals surface area (Å²) >= 11 is 13.7. The van der Waals surface area contributed by atoms with Crippen LogP contribution in [0.3, 0.4) is 0 Å². The van der Waals surface area contributed by atoms with E-state index in [1.165, 1.54) is 6.08 Å². The van der Waals surface area contributed by atoms with E-state index in [1.807, 2.05) is 30.3 Å². The second kappa shape index (κ2) is 8.19. The van der Waals surface area contributed by atoms with E-state index in [4.69, 9.17) is 32.0 Å². The van der Waals surface area contributed by atoms with Gasteiger partial charge in [-0.3, -0.25) is 4.79 Å². The number of aromatic nitrogens is 1. The van der Waals surface area contributed by atoms with Gasteiger partial charge in [-0.1, -0.05) is 35.3 Å². The van der Waals surface area contributed by atoms with E-state index in [-0.39, 0.29) is 11.5 Å². The molecule has 0 bridgehead atoms. The van der Waals surface area contributed by atoms with E-state index in [9.17, 15) is 4.79 Å². The van der Waals surface area contributed by atoms with Gasteiger partial charge in [0.1, 0.15) is 11.5 Å². The Kier molecular flexibility index (Phi) is 5.24. The summed E-state index contributed by atoms with van der Waals surface area (Å²) in [6.07, 6.45) is 3.02. The number of rotatable bonds is 5. The smallest absolute Gasteiger partial charge is 0.221 e. The molecule has 0 spiro atoms. The van der Waals surface area contributed by atoms with Crippen molar-refractivity contribution in [3.8, 4) is 22.1 Å². The maximum absolute atomic E-state index is 12.5. The molecule has 0 unspecified atom stereocenters. The SMILES string of the molecule is O=C(C=Cc1ccc(-c2nc3ccccc3s2)o1)c1ccc(-c2ccc(Cl)cc2Cl)o1. The van der Waals surface area contributed by atoms with Gasteiger partial charge in [-0.25, -0.2) is 4.98 Å². The fourth-order valence-electron chi connectivity index (χ4n) is 3.08. The molecule has 0 saturated carbocycles. The van der Waals surface area contributed by atoms with E-state index in [1.54, 1.807) is 53.8 Å². The van der Waals surface area contributed by atoms with Crippen molar-refractivity contribution < 1.29 is 13.6 Å². The highest BCUT2D eigenvalue weighted by atomic mass is 35.5. The summed E-state index contributed by atoms with van der Waals surface area (Å²) in [6, 6.07) is 20.0. The Morgan fingerprint density at radius 3 is 2.61 bits per heavy atom. The van der Waals surface area contributed by atoms with Gasteiger partial charge in [0.05, 0.1) is 15.2 Å². The first-order valence-corrected chi connectivity index (χ1v) is 10.9. The summed E-state index contributed by atoms with van der Waals surface area (Å²) in [4.78, 5) is 17.1. The van der Waals surface area contributed by atoms with Crippen LogP contribution >= 0.6 is 34.5 Å². The first-order chi connectivity index (χ1) is 15.1. The first kappa shape index (κ1) is 19.8. The number of para-hydroxylation sites is 1. The van der Waals surface area contributed by atoms with Gasteiger partial charge in [0.2, 0.25) is 5.78 Å². The Morgan fingerprint density at radius 2 is 1.77 bits per heavy atom. The second-order valence-corrected chi connectivity index (χ2v) is 8.55. The number of fused-ring (bicyclic) bond motifs is 1. The van der Waals surface area contributed by atoms with Crippen molar-refractivity contribution in [1.29, 1.82) is 0 Å². The number of halogens is 2. The van der Waals surface area contributed by atoms with Crippen molar-refractivity contribution in [2.24, 2.45) is 0 Å². The molecule has 7 heteroatoms. The van der Waals surface area contributed by atoms with Crippen molar-refractivity contribution in [1.82, 2.24) is 4.98 Å². The lowest BCUT2D eigenvalue weighted by Gasteiger charge is -2.00. The van der Waals surface area contributed by atoms with Gasteiger partial charge >= 0.3 is 0 Å². The van der Waals surface area contributed by atoms with Crippen LogP contribution in [0.2, 0.25) is 10.0 Å². The van der Waals surface area contributed by atoms with Crippen molar-refractivity contribution in [3.63, 3.8) is 0 Å². The van der Waals surface area contributed by atoms with Crippen molar-refractivity contribution in [2.45, 2.75) is 0 Å². The number of ketones is 1. The van der Waals surface area contributed by atoms with Crippen LogP contribution in [0.25, 0.3) is 38.4 Å². The number of nitrogens with zero attached hydrogens (tertiary/aromatic N) is 1. The molecule has 0 aliphatic rings. The molecule has 5 rings (SSSR count).